The lowest BCUT2D eigenvalue weighted by atomic mass is 10.1. The van der Waals surface area contributed by atoms with Gasteiger partial charge in [-0.15, -0.1) is 5.06 Å². The van der Waals surface area contributed by atoms with Gasteiger partial charge in [-0.2, -0.15) is 0 Å². The van der Waals surface area contributed by atoms with Crippen molar-refractivity contribution in [2.45, 2.75) is 84.2 Å². The van der Waals surface area contributed by atoms with E-state index in [0.29, 0.717) is 11.6 Å². The van der Waals surface area contributed by atoms with Crippen molar-refractivity contribution in [3.63, 3.8) is 0 Å². The van der Waals surface area contributed by atoms with Gasteiger partial charge in [-0.25, -0.2) is 4.79 Å². The monoisotopic (exact) mass is 505 g/mol. The molecular weight excluding hydrogens is 462 g/mol. The number of carbonyl (C=O) groups excluding carboxylic acids is 5. The molecule has 1 aliphatic rings. The van der Waals surface area contributed by atoms with E-state index in [1.807, 2.05) is 0 Å². The Morgan fingerprint density at radius 1 is 0.943 bits per heavy atom. The second-order valence-electron chi connectivity index (χ2n) is 7.95. The van der Waals surface area contributed by atoms with Crippen molar-refractivity contribution in [2.75, 3.05) is 26.3 Å². The van der Waals surface area contributed by atoms with Crippen molar-refractivity contribution >= 4 is 29.6 Å². The molecule has 1 heterocycles. The quantitative estimate of drug-likeness (QED) is 0.130. The fourth-order valence-corrected chi connectivity index (χ4v) is 2.71. The molecule has 2 atom stereocenters. The zero-order valence-electron chi connectivity index (χ0n) is 21.1. The second-order valence-corrected chi connectivity index (χ2v) is 7.95. The third kappa shape index (κ3) is 21.6. The summed E-state index contributed by atoms with van der Waals surface area (Å²) in [5.74, 6) is -1.73. The van der Waals surface area contributed by atoms with Crippen LogP contribution in [0.5, 0.6) is 0 Å². The Kier molecular flexibility index (Phi) is 21.6. The summed E-state index contributed by atoms with van der Waals surface area (Å²) < 4.78 is 0. The van der Waals surface area contributed by atoms with Crippen molar-refractivity contribution in [3.8, 4) is 0 Å². The van der Waals surface area contributed by atoms with Crippen LogP contribution in [0.2, 0.25) is 0 Å². The molecule has 2 unspecified atom stereocenters. The molecule has 0 bridgehead atoms. The van der Waals surface area contributed by atoms with Gasteiger partial charge in [0, 0.05) is 46.2 Å². The van der Waals surface area contributed by atoms with Gasteiger partial charge >= 0.3 is 5.97 Å². The van der Waals surface area contributed by atoms with Gasteiger partial charge in [-0.1, -0.05) is 6.42 Å². The summed E-state index contributed by atoms with van der Waals surface area (Å²) in [7, 11) is 0. The molecule has 1 fully saturated rings. The van der Waals surface area contributed by atoms with Gasteiger partial charge in [-0.05, 0) is 38.6 Å². The van der Waals surface area contributed by atoms with Crippen LogP contribution in [0, 0.1) is 0 Å². The number of rotatable bonds is 13. The number of hydroxylamine groups is 2. The number of carbonyl (C=O) groups is 5. The van der Waals surface area contributed by atoms with Crippen LogP contribution in [-0.2, 0) is 28.8 Å². The van der Waals surface area contributed by atoms with E-state index in [1.165, 1.54) is 13.8 Å². The van der Waals surface area contributed by atoms with Crippen molar-refractivity contribution < 1.29 is 39.0 Å². The lowest BCUT2D eigenvalue weighted by molar-refractivity contribution is -0.195. The van der Waals surface area contributed by atoms with E-state index in [0.717, 1.165) is 52.0 Å². The Labute approximate surface area is 206 Å². The largest absolute Gasteiger partial charge is 0.395 e. The summed E-state index contributed by atoms with van der Waals surface area (Å²) in [5.41, 5.74) is 10.7. The number of amides is 4. The maximum absolute atomic E-state index is 10.7. The maximum Gasteiger partial charge on any atom is 0.330 e. The SMILES string of the molecule is CC(=O)NCCCCC(CO)NC(C)=O.CC(=O)ON1C(=O)CCC1=O.NCCCCC(N)CO. The van der Waals surface area contributed by atoms with Gasteiger partial charge in [0.05, 0.1) is 19.3 Å². The first-order valence-electron chi connectivity index (χ1n) is 11.7. The molecule has 4 amide bonds. The van der Waals surface area contributed by atoms with Crippen LogP contribution in [0.3, 0.4) is 0 Å². The summed E-state index contributed by atoms with van der Waals surface area (Å²) >= 11 is 0. The van der Waals surface area contributed by atoms with E-state index in [2.05, 4.69) is 15.5 Å². The smallest absolute Gasteiger partial charge is 0.330 e. The molecule has 1 saturated heterocycles. The maximum atomic E-state index is 10.7. The molecule has 13 heteroatoms. The zero-order chi connectivity index (χ0) is 27.2. The number of nitrogens with one attached hydrogen (secondary N) is 2. The third-order valence-electron chi connectivity index (χ3n) is 4.47. The second kappa shape index (κ2) is 21.9. The number of unbranched alkanes of at least 4 members (excludes halogenated alkanes) is 2. The Hall–Kier alpha value is -2.61. The van der Waals surface area contributed by atoms with E-state index >= 15 is 0 Å². The fraction of sp³-hybridized carbons (Fsp3) is 0.773. The minimum Gasteiger partial charge on any atom is -0.395 e. The van der Waals surface area contributed by atoms with Gasteiger partial charge in [0.25, 0.3) is 11.8 Å². The van der Waals surface area contributed by atoms with Crippen LogP contribution in [0.4, 0.5) is 0 Å². The molecule has 8 N–H and O–H groups in total. The standard InChI is InChI=1S/C10H20N2O3.C6H16N2O.C6H7NO4/c1-8(14)11-6-4-3-5-10(7-13)12-9(2)15;7-4-2-1-3-6(8)5-9;1-4(8)11-7-5(9)2-3-6(7)10/h10,13H,3-7H2,1-2H3,(H,11,14)(H,12,15);6,9H,1-5,7-8H2;2-3H2,1H3. The van der Waals surface area contributed by atoms with Crippen molar-refractivity contribution in [3.05, 3.63) is 0 Å². The van der Waals surface area contributed by atoms with Crippen LogP contribution in [0.25, 0.3) is 0 Å². The third-order valence-corrected chi connectivity index (χ3v) is 4.47. The molecule has 0 spiro atoms. The van der Waals surface area contributed by atoms with Crippen LogP contribution in [0.15, 0.2) is 0 Å². The average molecular weight is 506 g/mol. The van der Waals surface area contributed by atoms with Crippen LogP contribution < -0.4 is 22.1 Å². The van der Waals surface area contributed by atoms with Crippen LogP contribution in [-0.4, -0.2) is 83.3 Å². The van der Waals surface area contributed by atoms with Crippen molar-refractivity contribution in [1.82, 2.24) is 15.7 Å². The number of aliphatic hydroxyl groups is 2. The molecule has 0 aromatic rings. The summed E-state index contributed by atoms with van der Waals surface area (Å²) in [6.45, 7) is 5.46. The molecule has 1 rings (SSSR count). The molecule has 204 valence electrons. The highest BCUT2D eigenvalue weighted by Gasteiger charge is 2.31. The topological polar surface area (TPSA) is 214 Å². The average Bonchev–Trinajstić information content (AvgIpc) is 3.10. The van der Waals surface area contributed by atoms with Gasteiger partial charge in [0.15, 0.2) is 0 Å². The zero-order valence-corrected chi connectivity index (χ0v) is 21.1. The molecule has 35 heavy (non-hydrogen) atoms. The van der Waals surface area contributed by atoms with E-state index in [1.54, 1.807) is 0 Å². The summed E-state index contributed by atoms with van der Waals surface area (Å²) in [4.78, 5) is 57.4. The summed E-state index contributed by atoms with van der Waals surface area (Å²) in [6.07, 6.45) is 5.63. The Bertz CT molecular complexity index is 631. The highest BCUT2D eigenvalue weighted by atomic mass is 16.7. The van der Waals surface area contributed by atoms with E-state index in [9.17, 15) is 24.0 Å². The lowest BCUT2D eigenvalue weighted by Gasteiger charge is -2.14. The predicted molar refractivity (Wildman–Crippen MR) is 128 cm³/mol. The number of hydrogen-bond donors (Lipinski definition) is 6. The highest BCUT2D eigenvalue weighted by Crippen LogP contribution is 2.11. The van der Waals surface area contributed by atoms with Crippen LogP contribution >= 0.6 is 0 Å². The highest BCUT2D eigenvalue weighted by molar-refractivity contribution is 6.01. The normalized spacial score (nSPS) is 14.1. The van der Waals surface area contributed by atoms with Gasteiger partial charge in [-0.3, -0.25) is 19.2 Å². The van der Waals surface area contributed by atoms with Crippen LogP contribution in [0.1, 0.15) is 72.1 Å². The number of nitrogens with zero attached hydrogens (tertiary/aromatic N) is 1. The van der Waals surface area contributed by atoms with E-state index in [4.69, 9.17) is 21.7 Å². The molecule has 1 aliphatic heterocycles. The first kappa shape index (κ1) is 34.6. The Morgan fingerprint density at radius 2 is 1.51 bits per heavy atom. The minimum absolute atomic E-state index is 0.0319. The summed E-state index contributed by atoms with van der Waals surface area (Å²) in [6, 6.07) is -0.212. The molecule has 0 aliphatic carbocycles. The number of imide groups is 1. The van der Waals surface area contributed by atoms with Crippen molar-refractivity contribution in [1.29, 1.82) is 0 Å². The summed E-state index contributed by atoms with van der Waals surface area (Å²) in [5, 5.41) is 23.3. The predicted octanol–water partition coefficient (Wildman–Crippen LogP) is -1.16. The first-order chi connectivity index (χ1) is 16.5. The Balaban J connectivity index is 0. The number of nitrogens with two attached hydrogens (primary N) is 2. The molecule has 0 aromatic heterocycles. The van der Waals surface area contributed by atoms with Crippen molar-refractivity contribution in [2.24, 2.45) is 11.5 Å². The number of aliphatic hydroxyl groups excluding tert-OH is 2. The van der Waals surface area contributed by atoms with Gasteiger partial charge < -0.3 is 37.2 Å². The minimum atomic E-state index is -0.659. The molecule has 0 saturated carbocycles. The molecular formula is C22H43N5O8. The number of hydrogen-bond acceptors (Lipinski definition) is 10. The molecule has 0 aromatic carbocycles. The molecule has 13 nitrogen and oxygen atoms in total. The van der Waals surface area contributed by atoms with E-state index < -0.39 is 17.8 Å². The fourth-order valence-electron chi connectivity index (χ4n) is 2.71. The van der Waals surface area contributed by atoms with Gasteiger partial charge in [0.1, 0.15) is 0 Å². The Morgan fingerprint density at radius 3 is 1.94 bits per heavy atom. The van der Waals surface area contributed by atoms with Gasteiger partial charge in [0.2, 0.25) is 11.8 Å². The molecule has 0 radical (unpaired) electrons. The van der Waals surface area contributed by atoms with E-state index in [-0.39, 0.29) is 50.0 Å². The lowest BCUT2D eigenvalue weighted by Crippen LogP contribution is -2.36. The first-order valence-corrected chi connectivity index (χ1v) is 11.7.